The average molecular weight is 430 g/mol. The van der Waals surface area contributed by atoms with Crippen molar-refractivity contribution >= 4 is 11.5 Å². The van der Waals surface area contributed by atoms with E-state index in [0.717, 1.165) is 55.1 Å². The third-order valence-corrected chi connectivity index (χ3v) is 6.36. The van der Waals surface area contributed by atoms with E-state index in [1.807, 2.05) is 23.7 Å². The summed E-state index contributed by atoms with van der Waals surface area (Å²) in [6.07, 6.45) is 0.00536. The Labute approximate surface area is 178 Å². The van der Waals surface area contributed by atoms with Gasteiger partial charge in [0.05, 0.1) is 5.56 Å². The number of nitrogens with zero attached hydrogens (tertiary/aromatic N) is 5. The first-order chi connectivity index (χ1) is 14.9. The van der Waals surface area contributed by atoms with Crippen molar-refractivity contribution in [3.05, 3.63) is 53.3 Å². The number of piperidine rings is 1. The van der Waals surface area contributed by atoms with Gasteiger partial charge in [0.2, 0.25) is 0 Å². The van der Waals surface area contributed by atoms with Crippen LogP contribution in [0.1, 0.15) is 54.6 Å². The molecule has 2 fully saturated rings. The minimum atomic E-state index is -4.32. The maximum absolute atomic E-state index is 13.0. The molecule has 0 spiro atoms. The zero-order valence-electron chi connectivity index (χ0n) is 17.3. The predicted molar refractivity (Wildman–Crippen MR) is 111 cm³/mol. The largest absolute Gasteiger partial charge is 0.416 e. The van der Waals surface area contributed by atoms with Gasteiger partial charge in [0, 0.05) is 18.5 Å². The second kappa shape index (κ2) is 7.78. The van der Waals surface area contributed by atoms with Gasteiger partial charge >= 0.3 is 6.18 Å². The maximum atomic E-state index is 13.0. The van der Waals surface area contributed by atoms with Gasteiger partial charge in [-0.1, -0.05) is 12.1 Å². The number of benzene rings is 1. The van der Waals surface area contributed by atoms with Gasteiger partial charge in [0.15, 0.2) is 11.5 Å². The van der Waals surface area contributed by atoms with Crippen molar-refractivity contribution in [1.29, 1.82) is 0 Å². The first kappa shape index (κ1) is 20.2. The average Bonchev–Trinajstić information content (AvgIpc) is 3.51. The number of alkyl halides is 3. The monoisotopic (exact) mass is 430 g/mol. The molecule has 9 heteroatoms. The Morgan fingerprint density at radius 3 is 2.52 bits per heavy atom. The number of hydrogen-bond donors (Lipinski definition) is 1. The summed E-state index contributed by atoms with van der Waals surface area (Å²) in [5, 5.41) is 16.6. The van der Waals surface area contributed by atoms with Crippen molar-refractivity contribution in [2.75, 3.05) is 25.5 Å². The number of halogens is 3. The molecule has 2 aromatic heterocycles. The first-order valence-electron chi connectivity index (χ1n) is 10.7. The Morgan fingerprint density at radius 2 is 1.81 bits per heavy atom. The fourth-order valence-corrected chi connectivity index (χ4v) is 4.60. The summed E-state index contributed by atoms with van der Waals surface area (Å²) in [5.41, 5.74) is 1.05. The highest BCUT2D eigenvalue weighted by Gasteiger charge is 2.33. The smallest absolute Gasteiger partial charge is 0.368 e. The molecule has 2 aliphatic rings. The third kappa shape index (κ3) is 4.11. The summed E-state index contributed by atoms with van der Waals surface area (Å²) < 4.78 is 40.7. The summed E-state index contributed by atoms with van der Waals surface area (Å²) in [6, 6.07) is 9.47. The van der Waals surface area contributed by atoms with E-state index in [1.54, 1.807) is 12.1 Å². The van der Waals surface area contributed by atoms with Crippen molar-refractivity contribution in [3.8, 4) is 0 Å². The van der Waals surface area contributed by atoms with Crippen LogP contribution >= 0.6 is 0 Å². The standard InChI is InChI=1S/C22H25F3N6/c1-30-12-2-3-16(20(30)14-6-8-17(9-7-14)22(23,24)25)13-26-18-10-11-19-27-28-21(15-4-5-15)31(19)29-18/h6-11,15-16,20H,2-5,12-13H2,1H3,(H,26,29). The summed E-state index contributed by atoms with van der Waals surface area (Å²) in [7, 11) is 2.04. The molecule has 3 heterocycles. The lowest BCUT2D eigenvalue weighted by Crippen LogP contribution is -2.39. The van der Waals surface area contributed by atoms with Crippen molar-refractivity contribution < 1.29 is 13.2 Å². The molecule has 5 rings (SSSR count). The molecule has 0 radical (unpaired) electrons. The van der Waals surface area contributed by atoms with E-state index < -0.39 is 11.7 Å². The molecule has 164 valence electrons. The second-order valence-corrected chi connectivity index (χ2v) is 8.65. The molecule has 1 aromatic carbocycles. The summed E-state index contributed by atoms with van der Waals surface area (Å²) in [5.74, 6) is 2.39. The van der Waals surface area contributed by atoms with Crippen molar-refractivity contribution in [2.24, 2.45) is 5.92 Å². The Hall–Kier alpha value is -2.68. The Kier molecular flexibility index (Phi) is 5.08. The maximum Gasteiger partial charge on any atom is 0.416 e. The SMILES string of the molecule is CN1CCCC(CNc2ccc3nnc(C4CC4)n3n2)C1c1ccc(C(F)(F)F)cc1. The Balaban J connectivity index is 1.33. The number of hydrogen-bond acceptors (Lipinski definition) is 5. The van der Waals surface area contributed by atoms with Gasteiger partial charge in [-0.05, 0) is 75.0 Å². The van der Waals surface area contributed by atoms with Gasteiger partial charge in [-0.3, -0.25) is 4.90 Å². The molecule has 3 aromatic rings. The highest BCUT2D eigenvalue weighted by atomic mass is 19.4. The van der Waals surface area contributed by atoms with Crippen LogP contribution in [-0.2, 0) is 6.18 Å². The molecule has 1 N–H and O–H groups in total. The van der Waals surface area contributed by atoms with Gasteiger partial charge < -0.3 is 5.32 Å². The molecule has 0 amide bonds. The molecule has 1 saturated carbocycles. The fraction of sp³-hybridized carbons (Fsp3) is 0.500. The van der Waals surface area contributed by atoms with E-state index >= 15 is 0 Å². The number of nitrogens with one attached hydrogen (secondary N) is 1. The molecule has 1 saturated heterocycles. The normalized spacial score (nSPS) is 22.7. The van der Waals surface area contributed by atoms with Crippen LogP contribution in [0.3, 0.4) is 0 Å². The Morgan fingerprint density at radius 1 is 1.03 bits per heavy atom. The second-order valence-electron chi connectivity index (χ2n) is 8.65. The van der Waals surface area contributed by atoms with Crippen LogP contribution in [0.4, 0.5) is 19.0 Å². The molecule has 1 aliphatic heterocycles. The molecular weight excluding hydrogens is 405 g/mol. The van der Waals surface area contributed by atoms with Crippen LogP contribution in [0.5, 0.6) is 0 Å². The molecule has 31 heavy (non-hydrogen) atoms. The molecule has 1 aliphatic carbocycles. The van der Waals surface area contributed by atoms with Crippen LogP contribution in [0.25, 0.3) is 5.65 Å². The first-order valence-corrected chi connectivity index (χ1v) is 10.7. The number of likely N-dealkylation sites (tertiary alicyclic amines) is 1. The topological polar surface area (TPSA) is 58.3 Å². The highest BCUT2D eigenvalue weighted by Crippen LogP contribution is 2.39. The van der Waals surface area contributed by atoms with Crippen LogP contribution in [0, 0.1) is 5.92 Å². The zero-order chi connectivity index (χ0) is 21.6. The third-order valence-electron chi connectivity index (χ3n) is 6.36. The molecule has 0 bridgehead atoms. The van der Waals surface area contributed by atoms with E-state index in [1.165, 1.54) is 12.1 Å². The summed E-state index contributed by atoms with van der Waals surface area (Å²) >= 11 is 0. The van der Waals surface area contributed by atoms with Crippen molar-refractivity contribution in [3.63, 3.8) is 0 Å². The fourth-order valence-electron chi connectivity index (χ4n) is 4.60. The van der Waals surface area contributed by atoms with Gasteiger partial charge in [-0.2, -0.15) is 17.7 Å². The van der Waals surface area contributed by atoms with E-state index in [9.17, 15) is 13.2 Å². The summed E-state index contributed by atoms with van der Waals surface area (Å²) in [4.78, 5) is 2.24. The van der Waals surface area contributed by atoms with Crippen molar-refractivity contribution in [1.82, 2.24) is 24.7 Å². The van der Waals surface area contributed by atoms with E-state index in [4.69, 9.17) is 0 Å². The van der Waals surface area contributed by atoms with Gasteiger partial charge in [0.25, 0.3) is 0 Å². The Bertz CT molecular complexity index is 1060. The van der Waals surface area contributed by atoms with Gasteiger partial charge in [0.1, 0.15) is 5.82 Å². The molecule has 2 unspecified atom stereocenters. The van der Waals surface area contributed by atoms with E-state index in [0.29, 0.717) is 12.5 Å². The quantitative estimate of drug-likeness (QED) is 0.645. The van der Waals surface area contributed by atoms with E-state index in [2.05, 4.69) is 25.5 Å². The van der Waals surface area contributed by atoms with Crippen LogP contribution in [0.15, 0.2) is 36.4 Å². The van der Waals surface area contributed by atoms with Crippen molar-refractivity contribution in [2.45, 2.75) is 43.8 Å². The van der Waals surface area contributed by atoms with Gasteiger partial charge in [-0.25, -0.2) is 0 Å². The predicted octanol–water partition coefficient (Wildman–Crippen LogP) is 4.52. The minimum absolute atomic E-state index is 0.0594. The summed E-state index contributed by atoms with van der Waals surface area (Å²) in [6.45, 7) is 1.62. The van der Waals surface area contributed by atoms with Crippen LogP contribution < -0.4 is 5.32 Å². The lowest BCUT2D eigenvalue weighted by Gasteiger charge is -2.39. The number of rotatable bonds is 5. The van der Waals surface area contributed by atoms with Gasteiger partial charge in [-0.15, -0.1) is 15.3 Å². The molecular formula is C22H25F3N6. The highest BCUT2D eigenvalue weighted by molar-refractivity contribution is 5.44. The molecule has 2 atom stereocenters. The zero-order valence-corrected chi connectivity index (χ0v) is 17.3. The molecule has 6 nitrogen and oxygen atoms in total. The lowest BCUT2D eigenvalue weighted by molar-refractivity contribution is -0.137. The van der Waals surface area contributed by atoms with Crippen LogP contribution in [0.2, 0.25) is 0 Å². The minimum Gasteiger partial charge on any atom is -0.368 e. The lowest BCUT2D eigenvalue weighted by atomic mass is 9.84. The van der Waals surface area contributed by atoms with E-state index in [-0.39, 0.29) is 12.0 Å². The number of anilines is 1. The van der Waals surface area contributed by atoms with Crippen LogP contribution in [-0.4, -0.2) is 44.8 Å². The number of aromatic nitrogens is 4. The number of fused-ring (bicyclic) bond motifs is 1.